The summed E-state index contributed by atoms with van der Waals surface area (Å²) in [5, 5.41) is 0. The lowest BCUT2D eigenvalue weighted by atomic mass is 10.1. The predicted octanol–water partition coefficient (Wildman–Crippen LogP) is 1.41. The molecule has 0 saturated carbocycles. The van der Waals surface area contributed by atoms with Gasteiger partial charge in [0.25, 0.3) is 0 Å². The van der Waals surface area contributed by atoms with Crippen molar-refractivity contribution in [1.29, 1.82) is 0 Å². The van der Waals surface area contributed by atoms with E-state index in [1.54, 1.807) is 0 Å². The number of ether oxygens (including phenoxy) is 1. The number of carbonyl (C=O) groups is 1. The molecular formula is C17H28N4O2. The molecule has 1 aromatic heterocycles. The Hall–Kier alpha value is -1.40. The summed E-state index contributed by atoms with van der Waals surface area (Å²) < 4.78 is 7.68. The number of amides is 1. The minimum atomic E-state index is 0.291. The zero-order valence-corrected chi connectivity index (χ0v) is 14.1. The molecule has 3 heterocycles. The summed E-state index contributed by atoms with van der Waals surface area (Å²) in [7, 11) is 2.03. The van der Waals surface area contributed by atoms with E-state index in [1.807, 2.05) is 24.3 Å². The van der Waals surface area contributed by atoms with Crippen LogP contribution >= 0.6 is 0 Å². The highest BCUT2D eigenvalue weighted by Gasteiger charge is 2.22. The Labute approximate surface area is 138 Å². The fourth-order valence-electron chi connectivity index (χ4n) is 3.44. The monoisotopic (exact) mass is 320 g/mol. The lowest BCUT2D eigenvalue weighted by Gasteiger charge is -2.22. The van der Waals surface area contributed by atoms with Gasteiger partial charge in [0.05, 0.1) is 12.6 Å². The number of rotatable bonds is 5. The smallest absolute Gasteiger partial charge is 0.222 e. The summed E-state index contributed by atoms with van der Waals surface area (Å²) in [4.78, 5) is 21.2. The Morgan fingerprint density at radius 2 is 2.22 bits per heavy atom. The summed E-state index contributed by atoms with van der Waals surface area (Å²) in [5.74, 6) is 1.38. The summed E-state index contributed by atoms with van der Waals surface area (Å²) in [6, 6.07) is 0. The lowest BCUT2D eigenvalue weighted by Crippen LogP contribution is -2.35. The van der Waals surface area contributed by atoms with Crippen LogP contribution in [0, 0.1) is 0 Å². The maximum absolute atomic E-state index is 12.4. The highest BCUT2D eigenvalue weighted by molar-refractivity contribution is 5.76. The van der Waals surface area contributed by atoms with Gasteiger partial charge < -0.3 is 14.2 Å². The van der Waals surface area contributed by atoms with E-state index in [-0.39, 0.29) is 0 Å². The van der Waals surface area contributed by atoms with Crippen LogP contribution in [0.15, 0.2) is 12.4 Å². The summed E-state index contributed by atoms with van der Waals surface area (Å²) in [5.41, 5.74) is 0. The predicted molar refractivity (Wildman–Crippen MR) is 87.9 cm³/mol. The molecule has 1 aromatic rings. The van der Waals surface area contributed by atoms with Gasteiger partial charge in [-0.3, -0.25) is 9.69 Å². The van der Waals surface area contributed by atoms with Crippen molar-refractivity contribution in [3.05, 3.63) is 18.2 Å². The number of imidazole rings is 1. The molecule has 0 N–H and O–H groups in total. The first-order valence-electron chi connectivity index (χ1n) is 8.80. The average molecular weight is 320 g/mol. The van der Waals surface area contributed by atoms with Gasteiger partial charge in [-0.2, -0.15) is 0 Å². The van der Waals surface area contributed by atoms with Crippen LogP contribution < -0.4 is 0 Å². The first-order valence-corrected chi connectivity index (χ1v) is 8.80. The standard InChI is InChI=1S/C17H28N4O2/c1-19-10-7-18-16(19)14-20-8-3-9-21(12-11-20)17(22)6-5-15-4-2-13-23-15/h7,10,15H,2-6,8-9,11-14H2,1H3/t15-/m0/s1. The molecule has 2 saturated heterocycles. The molecule has 128 valence electrons. The zero-order chi connectivity index (χ0) is 16.1. The molecule has 3 rings (SSSR count). The molecule has 1 amide bonds. The molecule has 6 heteroatoms. The fourth-order valence-corrected chi connectivity index (χ4v) is 3.44. The van der Waals surface area contributed by atoms with Gasteiger partial charge in [-0.15, -0.1) is 0 Å². The first kappa shape index (κ1) is 16.5. The van der Waals surface area contributed by atoms with Crippen LogP contribution in [-0.2, 0) is 23.1 Å². The number of hydrogen-bond donors (Lipinski definition) is 0. The number of hydrogen-bond acceptors (Lipinski definition) is 4. The van der Waals surface area contributed by atoms with E-state index in [2.05, 4.69) is 14.5 Å². The Morgan fingerprint density at radius 1 is 1.30 bits per heavy atom. The van der Waals surface area contributed by atoms with Gasteiger partial charge in [0.2, 0.25) is 5.91 Å². The van der Waals surface area contributed by atoms with Crippen molar-refractivity contribution >= 4 is 5.91 Å². The van der Waals surface area contributed by atoms with E-state index in [0.717, 1.165) is 70.8 Å². The molecule has 6 nitrogen and oxygen atoms in total. The number of nitrogens with zero attached hydrogens (tertiary/aromatic N) is 4. The molecule has 23 heavy (non-hydrogen) atoms. The van der Waals surface area contributed by atoms with E-state index < -0.39 is 0 Å². The Bertz CT molecular complexity index is 510. The van der Waals surface area contributed by atoms with Crippen molar-refractivity contribution in [2.45, 2.75) is 44.8 Å². The van der Waals surface area contributed by atoms with E-state index in [9.17, 15) is 4.79 Å². The molecule has 0 aliphatic carbocycles. The molecule has 2 fully saturated rings. The van der Waals surface area contributed by atoms with E-state index in [0.29, 0.717) is 18.4 Å². The third kappa shape index (κ3) is 4.54. The van der Waals surface area contributed by atoms with Gasteiger partial charge in [0, 0.05) is 58.6 Å². The van der Waals surface area contributed by atoms with Crippen LogP contribution in [-0.4, -0.2) is 64.1 Å². The quantitative estimate of drug-likeness (QED) is 0.823. The molecule has 0 radical (unpaired) electrons. The van der Waals surface area contributed by atoms with Crippen molar-refractivity contribution in [3.8, 4) is 0 Å². The normalized spacial score (nSPS) is 23.2. The van der Waals surface area contributed by atoms with Crippen LogP contribution in [0.5, 0.6) is 0 Å². The second-order valence-electron chi connectivity index (χ2n) is 6.64. The highest BCUT2D eigenvalue weighted by atomic mass is 16.5. The van der Waals surface area contributed by atoms with E-state index in [1.165, 1.54) is 0 Å². The van der Waals surface area contributed by atoms with Crippen LogP contribution in [0.25, 0.3) is 0 Å². The van der Waals surface area contributed by atoms with E-state index in [4.69, 9.17) is 4.74 Å². The minimum Gasteiger partial charge on any atom is -0.378 e. The Balaban J connectivity index is 1.44. The van der Waals surface area contributed by atoms with Gasteiger partial charge in [0.1, 0.15) is 5.82 Å². The van der Waals surface area contributed by atoms with Crippen LogP contribution in [0.1, 0.15) is 37.9 Å². The van der Waals surface area contributed by atoms with Crippen LogP contribution in [0.3, 0.4) is 0 Å². The molecule has 1 atom stereocenters. The third-order valence-electron chi connectivity index (χ3n) is 4.93. The Morgan fingerprint density at radius 3 is 2.96 bits per heavy atom. The molecule has 2 aliphatic rings. The van der Waals surface area contributed by atoms with Gasteiger partial charge >= 0.3 is 0 Å². The Kier molecular flexibility index (Phi) is 5.67. The molecule has 0 aromatic carbocycles. The summed E-state index contributed by atoms with van der Waals surface area (Å²) in [6.45, 7) is 5.39. The van der Waals surface area contributed by atoms with Gasteiger partial charge in [-0.05, 0) is 25.7 Å². The van der Waals surface area contributed by atoms with E-state index >= 15 is 0 Å². The molecule has 0 unspecified atom stereocenters. The van der Waals surface area contributed by atoms with Crippen molar-refractivity contribution < 1.29 is 9.53 Å². The zero-order valence-electron chi connectivity index (χ0n) is 14.1. The van der Waals surface area contributed by atoms with Crippen molar-refractivity contribution in [1.82, 2.24) is 19.4 Å². The second-order valence-corrected chi connectivity index (χ2v) is 6.64. The second kappa shape index (κ2) is 7.93. The molecule has 0 spiro atoms. The minimum absolute atomic E-state index is 0.291. The third-order valence-corrected chi connectivity index (χ3v) is 4.93. The number of aromatic nitrogens is 2. The molecule has 2 aliphatic heterocycles. The molecule has 0 bridgehead atoms. The van der Waals surface area contributed by atoms with Gasteiger partial charge in [-0.1, -0.05) is 0 Å². The van der Waals surface area contributed by atoms with Crippen LogP contribution in [0.4, 0.5) is 0 Å². The van der Waals surface area contributed by atoms with Crippen LogP contribution in [0.2, 0.25) is 0 Å². The summed E-state index contributed by atoms with van der Waals surface area (Å²) in [6.07, 6.45) is 8.94. The number of aryl methyl sites for hydroxylation is 1. The summed E-state index contributed by atoms with van der Waals surface area (Å²) >= 11 is 0. The van der Waals surface area contributed by atoms with Gasteiger partial charge in [0.15, 0.2) is 0 Å². The van der Waals surface area contributed by atoms with Crippen molar-refractivity contribution in [3.63, 3.8) is 0 Å². The lowest BCUT2D eigenvalue weighted by molar-refractivity contribution is -0.131. The highest BCUT2D eigenvalue weighted by Crippen LogP contribution is 2.18. The molecular weight excluding hydrogens is 292 g/mol. The average Bonchev–Trinajstić information content (AvgIpc) is 3.14. The first-order chi connectivity index (χ1) is 11.2. The largest absolute Gasteiger partial charge is 0.378 e. The SMILES string of the molecule is Cn1ccnc1CN1CCCN(C(=O)CC[C@@H]2CCCO2)CC1. The number of carbonyl (C=O) groups excluding carboxylic acids is 1. The maximum atomic E-state index is 12.4. The van der Waals surface area contributed by atoms with Gasteiger partial charge in [-0.25, -0.2) is 4.98 Å². The van der Waals surface area contributed by atoms with Crippen molar-refractivity contribution in [2.75, 3.05) is 32.8 Å². The topological polar surface area (TPSA) is 50.6 Å². The van der Waals surface area contributed by atoms with Crippen molar-refractivity contribution in [2.24, 2.45) is 7.05 Å². The maximum Gasteiger partial charge on any atom is 0.222 e. The fraction of sp³-hybridized carbons (Fsp3) is 0.765.